The van der Waals surface area contributed by atoms with Crippen LogP contribution in [-0.4, -0.2) is 59.8 Å². The third kappa shape index (κ3) is 4.62. The maximum absolute atomic E-state index is 11.5. The monoisotopic (exact) mass is 949 g/mol. The molecule has 3 rings (SSSR count). The summed E-state index contributed by atoms with van der Waals surface area (Å²) in [6.07, 6.45) is -1.78. The van der Waals surface area contributed by atoms with E-state index in [-0.39, 0.29) is 143 Å². The number of aromatic nitrogens is 4. The number of rotatable bonds is 2. The van der Waals surface area contributed by atoms with Crippen molar-refractivity contribution in [2.24, 2.45) is 0 Å². The van der Waals surface area contributed by atoms with Gasteiger partial charge in [0.1, 0.15) is 18.3 Å². The van der Waals surface area contributed by atoms with E-state index >= 15 is 0 Å². The summed E-state index contributed by atoms with van der Waals surface area (Å²) >= 11 is 0. The summed E-state index contributed by atoms with van der Waals surface area (Å²) in [7, 11) is 0. The molecule has 0 aliphatic carbocycles. The molecule has 3 radical (unpaired) electrons. The summed E-state index contributed by atoms with van der Waals surface area (Å²) in [5.74, 6) is 0. The average molecular weight is 949 g/mol. The van der Waals surface area contributed by atoms with Crippen molar-refractivity contribution in [3.8, 4) is 0 Å². The zero-order chi connectivity index (χ0) is 13.6. The van der Waals surface area contributed by atoms with Crippen LogP contribution in [0.15, 0.2) is 17.4 Å². The van der Waals surface area contributed by atoms with E-state index in [1.54, 1.807) is 0 Å². The number of H-pyrrole nitrogens is 1. The fraction of sp³-hybridized carbons (Fsp3) is 0.500. The van der Waals surface area contributed by atoms with Crippen LogP contribution in [0.25, 0.3) is 11.2 Å². The van der Waals surface area contributed by atoms with E-state index in [9.17, 15) is 15.0 Å². The Morgan fingerprint density at radius 3 is 2.50 bits per heavy atom. The first kappa shape index (κ1) is 24.5. The van der Waals surface area contributed by atoms with Crippen molar-refractivity contribution in [1.82, 2.24) is 19.5 Å². The summed E-state index contributed by atoms with van der Waals surface area (Å²) < 4.78 is 6.70. The van der Waals surface area contributed by atoms with Crippen molar-refractivity contribution in [3.05, 3.63) is 23.0 Å². The average Bonchev–Trinajstić information content (AvgIpc) is 2.94. The van der Waals surface area contributed by atoms with Gasteiger partial charge in [0.05, 0.1) is 19.3 Å². The van der Waals surface area contributed by atoms with Crippen molar-refractivity contribution >= 4 is 11.2 Å². The van der Waals surface area contributed by atoms with Gasteiger partial charge >= 0.3 is 0 Å². The van der Waals surface area contributed by atoms with E-state index in [2.05, 4.69) is 15.0 Å². The van der Waals surface area contributed by atoms with Crippen LogP contribution >= 0.6 is 0 Å². The quantitative estimate of drug-likeness (QED) is 0.268. The molecule has 3 heterocycles. The van der Waals surface area contributed by atoms with E-state index in [4.69, 9.17) is 9.84 Å². The Labute approximate surface area is 232 Å². The molecule has 22 heavy (non-hydrogen) atoms. The van der Waals surface area contributed by atoms with E-state index in [1.165, 1.54) is 17.2 Å². The minimum atomic E-state index is -1.24. The van der Waals surface area contributed by atoms with Gasteiger partial charge in [-0.05, 0) is 0 Å². The molecule has 0 spiro atoms. The van der Waals surface area contributed by atoms with Gasteiger partial charge in [-0.1, -0.05) is 0 Å². The summed E-state index contributed by atoms with van der Waals surface area (Å²) in [4.78, 5) is 21.8. The minimum Gasteiger partial charge on any atom is -0.394 e. The second-order valence-corrected chi connectivity index (χ2v) is 4.28. The molecule has 1 saturated heterocycles. The predicted molar refractivity (Wildman–Crippen MR) is 61.2 cm³/mol. The van der Waals surface area contributed by atoms with Crippen molar-refractivity contribution < 1.29 is 152 Å². The first-order chi connectivity index (χ1) is 9.13. The number of nitrogens with one attached hydrogen (secondary N) is 1. The third-order valence-electron chi connectivity index (χ3n) is 3.16. The van der Waals surface area contributed by atoms with E-state index < -0.39 is 36.7 Å². The molecule has 0 aromatic carbocycles. The summed E-state index contributed by atoms with van der Waals surface area (Å²) in [6, 6.07) is 0. The molecule has 0 bridgehead atoms. The number of hydrogen-bond acceptors (Lipinski definition) is 7. The van der Waals surface area contributed by atoms with E-state index in [0.717, 1.165) is 0 Å². The van der Waals surface area contributed by atoms with Gasteiger partial charge in [0.15, 0.2) is 17.4 Å². The number of aliphatic hydroxyl groups is 3. The van der Waals surface area contributed by atoms with Gasteiger partial charge in [-0.25, -0.2) is 9.97 Å². The van der Waals surface area contributed by atoms with Gasteiger partial charge in [-0.15, -0.1) is 0 Å². The van der Waals surface area contributed by atoms with E-state index in [0.29, 0.717) is 0 Å². The van der Waals surface area contributed by atoms with Crippen molar-refractivity contribution in [2.45, 2.75) is 24.5 Å². The molecule has 9 nitrogen and oxygen atoms in total. The number of fused-ring (bicyclic) bond motifs is 1. The molecule has 4 N–H and O–H groups in total. The van der Waals surface area contributed by atoms with Crippen molar-refractivity contribution in [1.29, 1.82) is 0 Å². The fourth-order valence-corrected chi connectivity index (χ4v) is 2.16. The van der Waals surface area contributed by atoms with Gasteiger partial charge < -0.3 is 25.0 Å². The maximum Gasteiger partial charge on any atom is 0.278 e. The largest absolute Gasteiger partial charge is 0.394 e. The molecule has 2 unspecified atom stereocenters. The summed E-state index contributed by atoms with van der Waals surface area (Å²) in [5, 5.41) is 28.6. The Balaban J connectivity index is 0.00000147. The van der Waals surface area contributed by atoms with Gasteiger partial charge in [0.2, 0.25) is 0 Å². The second-order valence-electron chi connectivity index (χ2n) is 4.28. The smallest absolute Gasteiger partial charge is 0.278 e. The number of aromatic amines is 1. The number of aliphatic hydroxyl groups excluding tert-OH is 3. The van der Waals surface area contributed by atoms with Crippen LogP contribution in [0.4, 0.5) is 0 Å². The Morgan fingerprint density at radius 2 is 1.91 bits per heavy atom. The summed E-state index contributed by atoms with van der Waals surface area (Å²) in [6.45, 7) is -0.421. The number of hydrogen-bond donors (Lipinski definition) is 4. The normalized spacial score (nSPS) is 26.9. The molecule has 1 aliphatic heterocycles. The van der Waals surface area contributed by atoms with Crippen LogP contribution in [0.3, 0.4) is 0 Å². The first-order valence-electron chi connectivity index (χ1n) is 5.66. The first-order valence-corrected chi connectivity index (χ1v) is 5.66. The van der Waals surface area contributed by atoms with Crippen LogP contribution in [0.5, 0.6) is 0 Å². The van der Waals surface area contributed by atoms with Crippen LogP contribution in [-0.2, 0) is 4.74 Å². The SMILES string of the molecule is O=c1[nH]cnc2c1ncn2[C@@H]1O[C@H](CO)C(O)C1O.[Ac].[Ac].[Ac]. The molecule has 2 aromatic heterocycles. The number of imidazole rings is 1. The Kier molecular flexibility index (Phi) is 11.8. The summed E-state index contributed by atoms with van der Waals surface area (Å²) in [5.41, 5.74) is -0.0608. The molecule has 4 atom stereocenters. The zero-order valence-corrected chi connectivity index (χ0v) is 25.6. The molecule has 0 saturated carbocycles. The van der Waals surface area contributed by atoms with Gasteiger partial charge in [0, 0.05) is 132 Å². The number of nitrogens with zero attached hydrogens (tertiary/aromatic N) is 3. The van der Waals surface area contributed by atoms with Crippen molar-refractivity contribution in [2.75, 3.05) is 6.61 Å². The van der Waals surface area contributed by atoms with Crippen molar-refractivity contribution in [3.63, 3.8) is 0 Å². The maximum atomic E-state index is 11.5. The predicted octanol–water partition coefficient (Wildman–Crippen LogP) is -2.27. The minimum absolute atomic E-state index is 0. The van der Waals surface area contributed by atoms with Crippen LogP contribution in [0, 0.1) is 132 Å². The van der Waals surface area contributed by atoms with Gasteiger partial charge in [-0.3, -0.25) is 9.36 Å². The molecule has 2 aromatic rings. The van der Waals surface area contributed by atoms with E-state index in [1.807, 2.05) is 0 Å². The van der Waals surface area contributed by atoms with Crippen LogP contribution in [0.1, 0.15) is 6.23 Å². The Morgan fingerprint density at radius 1 is 1.23 bits per heavy atom. The molecule has 111 valence electrons. The fourth-order valence-electron chi connectivity index (χ4n) is 2.16. The standard InChI is InChI=1S/C10H12N4O5.3Ac/c15-1-4-6(16)7(17)10(19-4)14-3-13-5-8(14)11-2-12-9(5)18;;;/h2-4,6-7,10,15-17H,1H2,(H,11,12,18);;;/t4-,6?,7?,10-;;;/m1.../s1. The topological polar surface area (TPSA) is 133 Å². The zero-order valence-electron chi connectivity index (χ0n) is 11.4. The second kappa shape index (κ2) is 10.6. The Hall–Kier alpha value is 2.51. The molecule has 1 aliphatic rings. The van der Waals surface area contributed by atoms with Gasteiger partial charge in [-0.2, -0.15) is 0 Å². The molecule has 1 fully saturated rings. The number of ether oxygens (including phenoxy) is 1. The molecular formula is C10H12Ac3N4O5. The van der Waals surface area contributed by atoms with Gasteiger partial charge in [0.25, 0.3) is 5.56 Å². The Bertz CT molecular complexity index is 665. The third-order valence-corrected chi connectivity index (χ3v) is 3.16. The van der Waals surface area contributed by atoms with Crippen LogP contribution < -0.4 is 5.56 Å². The van der Waals surface area contributed by atoms with Crippen LogP contribution in [0.2, 0.25) is 0 Å². The molecular weight excluding hydrogens is 937 g/mol. The molecule has 0 amide bonds. The molecule has 12 heteroatoms.